The fraction of sp³-hybridized carbons (Fsp3) is 0.778. The van der Waals surface area contributed by atoms with E-state index in [1.165, 1.54) is 0 Å². The number of nitrogens with one attached hydrogen (secondary N) is 4. The smallest absolute Gasteiger partial charge is 0.220 e. The number of hydrogen-bond donors (Lipinski definition) is 4. The van der Waals surface area contributed by atoms with Gasteiger partial charge in [0.15, 0.2) is 0 Å². The van der Waals surface area contributed by atoms with Crippen molar-refractivity contribution >= 4 is 47.2 Å². The molecule has 160 valence electrons. The molecule has 1 rings (SSSR count). The van der Waals surface area contributed by atoms with E-state index in [1.54, 1.807) is 23.5 Å². The molecule has 4 N–H and O–H groups in total. The molecule has 8 nitrogen and oxygen atoms in total. The fourth-order valence-corrected chi connectivity index (χ4v) is 4.03. The van der Waals surface area contributed by atoms with Gasteiger partial charge in [0.2, 0.25) is 23.6 Å². The third-order valence-electron chi connectivity index (χ3n) is 3.89. The molecular formula is C18H32N4O4S2. The zero-order valence-electron chi connectivity index (χ0n) is 16.3. The van der Waals surface area contributed by atoms with Gasteiger partial charge < -0.3 is 21.3 Å². The number of amides is 4. The molecule has 4 amide bonds. The second-order valence-electron chi connectivity index (χ2n) is 6.33. The lowest BCUT2D eigenvalue weighted by atomic mass is 10.3. The lowest BCUT2D eigenvalue weighted by molar-refractivity contribution is -0.121. The predicted octanol–water partition coefficient (Wildman–Crippen LogP) is 0.272. The van der Waals surface area contributed by atoms with Crippen molar-refractivity contribution in [2.75, 3.05) is 49.2 Å². The maximum Gasteiger partial charge on any atom is 0.220 e. The van der Waals surface area contributed by atoms with E-state index in [0.717, 1.165) is 0 Å². The number of carbonyl (C=O) groups is 4. The summed E-state index contributed by atoms with van der Waals surface area (Å²) in [4.78, 5) is 46.9. The zero-order chi connectivity index (χ0) is 20.5. The van der Waals surface area contributed by atoms with Gasteiger partial charge in [-0.3, -0.25) is 19.2 Å². The molecule has 0 bridgehead atoms. The molecule has 0 atom stereocenters. The topological polar surface area (TPSA) is 116 Å². The first-order chi connectivity index (χ1) is 13.6. The number of thioether (sulfide) groups is 2. The molecule has 0 aromatic carbocycles. The Balaban J connectivity index is 2.29. The van der Waals surface area contributed by atoms with Crippen LogP contribution in [-0.2, 0) is 19.2 Å². The normalized spacial score (nSPS) is 21.4. The van der Waals surface area contributed by atoms with Crippen LogP contribution in [-0.4, -0.2) is 72.8 Å². The monoisotopic (exact) mass is 432 g/mol. The number of hydrogen-bond acceptors (Lipinski definition) is 6. The summed E-state index contributed by atoms with van der Waals surface area (Å²) in [7, 11) is 0. The molecule has 0 aromatic heterocycles. The summed E-state index contributed by atoms with van der Waals surface area (Å²) < 4.78 is 0. The van der Waals surface area contributed by atoms with Crippen LogP contribution in [0.5, 0.6) is 0 Å². The van der Waals surface area contributed by atoms with E-state index in [-0.39, 0.29) is 23.6 Å². The molecule has 10 heteroatoms. The Kier molecular flexibility index (Phi) is 14.5. The highest BCUT2D eigenvalue weighted by Gasteiger charge is 2.06. The summed E-state index contributed by atoms with van der Waals surface area (Å²) >= 11 is 3.16. The van der Waals surface area contributed by atoms with Gasteiger partial charge in [-0.1, -0.05) is 0 Å². The second-order valence-corrected chi connectivity index (χ2v) is 8.78. The molecule has 0 spiro atoms. The van der Waals surface area contributed by atoms with Gasteiger partial charge in [0.1, 0.15) is 0 Å². The van der Waals surface area contributed by atoms with E-state index in [9.17, 15) is 19.2 Å². The van der Waals surface area contributed by atoms with Crippen molar-refractivity contribution in [1.29, 1.82) is 0 Å². The zero-order valence-corrected chi connectivity index (χ0v) is 18.0. The van der Waals surface area contributed by atoms with Crippen LogP contribution in [0.1, 0.15) is 38.5 Å². The Morgan fingerprint density at radius 1 is 0.464 bits per heavy atom. The average Bonchev–Trinajstić information content (AvgIpc) is 2.66. The second kappa shape index (κ2) is 16.5. The van der Waals surface area contributed by atoms with E-state index >= 15 is 0 Å². The number of carbonyl (C=O) groups excluding carboxylic acids is 4. The molecule has 0 saturated carbocycles. The van der Waals surface area contributed by atoms with E-state index in [2.05, 4.69) is 21.3 Å². The highest BCUT2D eigenvalue weighted by Crippen LogP contribution is 2.05. The SMILES string of the molecule is O=C1CCSCCC(=O)NCCCNC(=O)CCSCCC(=O)NCCCN1. The Morgan fingerprint density at radius 3 is 0.964 bits per heavy atom. The summed E-state index contributed by atoms with van der Waals surface area (Å²) in [5.41, 5.74) is 0. The van der Waals surface area contributed by atoms with Crippen LogP contribution in [0.2, 0.25) is 0 Å². The minimum absolute atomic E-state index is 0.00354. The number of rotatable bonds is 0. The van der Waals surface area contributed by atoms with Crippen molar-refractivity contribution in [3.8, 4) is 0 Å². The highest BCUT2D eigenvalue weighted by molar-refractivity contribution is 7.99. The van der Waals surface area contributed by atoms with Gasteiger partial charge in [-0.2, -0.15) is 23.5 Å². The molecule has 0 aliphatic carbocycles. The standard InChI is InChI=1S/C18H32N4O4S2/c23-15-3-11-27-13-5-17(25)21-9-2-10-22-18(26)6-14-28-12-4-16(24)20-8-1-7-19-15/h1-14H2,(H,19,23)(H,20,24)(H,21,25)(H,22,26). The van der Waals surface area contributed by atoms with Crippen LogP contribution in [0, 0.1) is 0 Å². The molecule has 0 radical (unpaired) electrons. The lowest BCUT2D eigenvalue weighted by Gasteiger charge is -2.08. The first kappa shape index (κ1) is 24.6. The minimum Gasteiger partial charge on any atom is -0.356 e. The van der Waals surface area contributed by atoms with E-state index < -0.39 is 0 Å². The molecule has 0 unspecified atom stereocenters. The lowest BCUT2D eigenvalue weighted by Crippen LogP contribution is -2.30. The Bertz CT molecular complexity index is 386. The largest absolute Gasteiger partial charge is 0.356 e. The first-order valence-corrected chi connectivity index (χ1v) is 12.1. The van der Waals surface area contributed by atoms with Gasteiger partial charge in [0.25, 0.3) is 0 Å². The Morgan fingerprint density at radius 2 is 0.714 bits per heavy atom. The van der Waals surface area contributed by atoms with Crippen molar-refractivity contribution in [3.63, 3.8) is 0 Å². The predicted molar refractivity (Wildman–Crippen MR) is 114 cm³/mol. The molecule has 1 heterocycles. The van der Waals surface area contributed by atoms with Crippen LogP contribution >= 0.6 is 23.5 Å². The molecular weight excluding hydrogens is 400 g/mol. The summed E-state index contributed by atoms with van der Waals surface area (Å²) in [6.07, 6.45) is 3.09. The third-order valence-corrected chi connectivity index (χ3v) is 5.86. The summed E-state index contributed by atoms with van der Waals surface area (Å²) in [5, 5.41) is 11.3. The van der Waals surface area contributed by atoms with E-state index in [4.69, 9.17) is 0 Å². The Labute approximate surface area is 175 Å². The van der Waals surface area contributed by atoms with Crippen LogP contribution in [0.4, 0.5) is 0 Å². The maximum absolute atomic E-state index is 11.7. The van der Waals surface area contributed by atoms with Crippen molar-refractivity contribution < 1.29 is 19.2 Å². The van der Waals surface area contributed by atoms with Gasteiger partial charge in [-0.05, 0) is 12.8 Å². The molecule has 28 heavy (non-hydrogen) atoms. The van der Waals surface area contributed by atoms with Crippen molar-refractivity contribution in [3.05, 3.63) is 0 Å². The van der Waals surface area contributed by atoms with Gasteiger partial charge in [-0.25, -0.2) is 0 Å². The van der Waals surface area contributed by atoms with Crippen molar-refractivity contribution in [1.82, 2.24) is 21.3 Å². The summed E-state index contributed by atoms with van der Waals surface area (Å²) in [6, 6.07) is 0. The Hall–Kier alpha value is -1.42. The molecule has 1 fully saturated rings. The summed E-state index contributed by atoms with van der Waals surface area (Å²) in [6.45, 7) is 2.15. The van der Waals surface area contributed by atoms with Gasteiger partial charge in [0, 0.05) is 74.9 Å². The minimum atomic E-state index is -0.00354. The van der Waals surface area contributed by atoms with Crippen LogP contribution in [0.3, 0.4) is 0 Å². The van der Waals surface area contributed by atoms with E-state index in [1.807, 2.05) is 0 Å². The first-order valence-electron chi connectivity index (χ1n) is 9.80. The quantitative estimate of drug-likeness (QED) is 0.437. The van der Waals surface area contributed by atoms with Gasteiger partial charge >= 0.3 is 0 Å². The van der Waals surface area contributed by atoms with Crippen molar-refractivity contribution in [2.45, 2.75) is 38.5 Å². The third kappa shape index (κ3) is 14.6. The maximum atomic E-state index is 11.7. The van der Waals surface area contributed by atoms with Crippen LogP contribution < -0.4 is 21.3 Å². The van der Waals surface area contributed by atoms with E-state index in [0.29, 0.717) is 87.7 Å². The van der Waals surface area contributed by atoms with Crippen molar-refractivity contribution in [2.24, 2.45) is 0 Å². The fourth-order valence-electron chi connectivity index (χ4n) is 2.31. The molecule has 1 aliphatic heterocycles. The molecule has 0 aromatic rings. The molecule has 1 aliphatic rings. The van der Waals surface area contributed by atoms with Crippen LogP contribution in [0.25, 0.3) is 0 Å². The van der Waals surface area contributed by atoms with Gasteiger partial charge in [0.05, 0.1) is 0 Å². The average molecular weight is 433 g/mol. The van der Waals surface area contributed by atoms with Gasteiger partial charge in [-0.15, -0.1) is 0 Å². The van der Waals surface area contributed by atoms with Crippen LogP contribution in [0.15, 0.2) is 0 Å². The summed E-state index contributed by atoms with van der Waals surface area (Å²) in [5.74, 6) is 2.71. The highest BCUT2D eigenvalue weighted by atomic mass is 32.2. The molecule has 1 saturated heterocycles.